The smallest absolute Gasteiger partial charge is 0.123 e. The van der Waals surface area contributed by atoms with Crippen LogP contribution >= 0.6 is 0 Å². The molecule has 0 aromatic heterocycles. The molecule has 0 saturated carbocycles. The van der Waals surface area contributed by atoms with Gasteiger partial charge in [-0.05, 0) is 73.7 Å². The predicted octanol–water partition coefficient (Wildman–Crippen LogP) is 4.89. The molecule has 142 valence electrons. The fourth-order valence-corrected chi connectivity index (χ4v) is 3.62. The number of aliphatic hydroxyl groups is 2. The molecule has 3 rings (SSSR count). The Hall–Kier alpha value is -2.36. The van der Waals surface area contributed by atoms with Gasteiger partial charge < -0.3 is 15.3 Å². The monoisotopic (exact) mass is 364 g/mol. The summed E-state index contributed by atoms with van der Waals surface area (Å²) >= 11 is 0. The van der Waals surface area contributed by atoms with Gasteiger partial charge in [0.1, 0.15) is 5.75 Å². The summed E-state index contributed by atoms with van der Waals surface area (Å²) in [6.45, 7) is 8.82. The Bertz CT molecular complexity index is 971. The molecule has 1 atom stereocenters. The maximum Gasteiger partial charge on any atom is 0.123 e. The number of hydrogen-bond donors (Lipinski definition) is 3. The number of aromatic hydroxyl groups is 1. The lowest BCUT2D eigenvalue weighted by atomic mass is 9.79. The molecule has 3 aromatic carbocycles. The van der Waals surface area contributed by atoms with Gasteiger partial charge in [0.25, 0.3) is 0 Å². The number of rotatable bonds is 4. The van der Waals surface area contributed by atoms with Crippen molar-refractivity contribution in [1.29, 1.82) is 0 Å². The summed E-state index contributed by atoms with van der Waals surface area (Å²) in [5.74, 6) is 0.230. The van der Waals surface area contributed by atoms with E-state index in [1.165, 1.54) is 0 Å². The van der Waals surface area contributed by atoms with Crippen molar-refractivity contribution >= 4 is 10.8 Å². The van der Waals surface area contributed by atoms with Crippen LogP contribution in [-0.4, -0.2) is 26.5 Å². The van der Waals surface area contributed by atoms with Crippen LogP contribution in [0.4, 0.5) is 0 Å². The highest BCUT2D eigenvalue weighted by molar-refractivity contribution is 6.00. The summed E-state index contributed by atoms with van der Waals surface area (Å²) in [6.07, 6.45) is 0.267. The summed E-state index contributed by atoms with van der Waals surface area (Å²) < 4.78 is 0. The van der Waals surface area contributed by atoms with Crippen molar-refractivity contribution in [2.45, 2.75) is 52.2 Å². The molecule has 0 aliphatic rings. The van der Waals surface area contributed by atoms with Crippen LogP contribution in [0.5, 0.6) is 5.75 Å². The van der Waals surface area contributed by atoms with E-state index >= 15 is 0 Å². The molecule has 0 radical (unpaired) electrons. The molecule has 0 bridgehead atoms. The topological polar surface area (TPSA) is 60.7 Å². The standard InChI is InChI=1S/C24H28O3/c1-15-12-16(2)21(20(25)13-15)22-18(14-24(5,27)23(3,4)26)11-10-17-8-6-7-9-19(17)22/h6-13,25-27H,14H2,1-5H3/t24-/m1/s1. The largest absolute Gasteiger partial charge is 0.507 e. The first-order valence-corrected chi connectivity index (χ1v) is 9.27. The first-order chi connectivity index (χ1) is 12.5. The third-order valence-electron chi connectivity index (χ3n) is 5.58. The quantitative estimate of drug-likeness (QED) is 0.617. The van der Waals surface area contributed by atoms with Crippen molar-refractivity contribution in [1.82, 2.24) is 0 Å². The molecule has 0 spiro atoms. The zero-order valence-corrected chi connectivity index (χ0v) is 16.7. The second-order valence-corrected chi connectivity index (χ2v) is 8.31. The van der Waals surface area contributed by atoms with Crippen molar-refractivity contribution in [2.75, 3.05) is 0 Å². The SMILES string of the molecule is Cc1cc(C)c(-c2c(C[C@@](C)(O)C(C)(C)O)ccc3ccccc23)c(O)c1. The summed E-state index contributed by atoms with van der Waals surface area (Å²) in [5, 5.41) is 34.2. The van der Waals surface area contributed by atoms with Gasteiger partial charge in [0.05, 0.1) is 11.2 Å². The van der Waals surface area contributed by atoms with Crippen molar-refractivity contribution in [3.63, 3.8) is 0 Å². The zero-order chi connectivity index (χ0) is 20.0. The van der Waals surface area contributed by atoms with Gasteiger partial charge in [-0.25, -0.2) is 0 Å². The van der Waals surface area contributed by atoms with Crippen LogP contribution in [-0.2, 0) is 6.42 Å². The van der Waals surface area contributed by atoms with Crippen LogP contribution in [0.25, 0.3) is 21.9 Å². The predicted molar refractivity (Wildman–Crippen MR) is 111 cm³/mol. The van der Waals surface area contributed by atoms with Gasteiger partial charge in [-0.2, -0.15) is 0 Å². The minimum absolute atomic E-state index is 0.230. The third-order valence-corrected chi connectivity index (χ3v) is 5.58. The van der Waals surface area contributed by atoms with E-state index in [2.05, 4.69) is 6.07 Å². The van der Waals surface area contributed by atoms with E-state index in [4.69, 9.17) is 0 Å². The van der Waals surface area contributed by atoms with Crippen LogP contribution in [0.2, 0.25) is 0 Å². The van der Waals surface area contributed by atoms with Crippen molar-refractivity contribution in [3.05, 3.63) is 65.2 Å². The first-order valence-electron chi connectivity index (χ1n) is 9.27. The lowest BCUT2D eigenvalue weighted by Crippen LogP contribution is -2.49. The molecule has 27 heavy (non-hydrogen) atoms. The molecule has 0 aliphatic carbocycles. The molecular formula is C24H28O3. The highest BCUT2D eigenvalue weighted by atomic mass is 16.4. The highest BCUT2D eigenvalue weighted by Gasteiger charge is 2.38. The van der Waals surface area contributed by atoms with Crippen LogP contribution in [0.1, 0.15) is 37.5 Å². The maximum atomic E-state index is 10.9. The molecule has 0 unspecified atom stereocenters. The molecule has 3 N–H and O–H groups in total. The number of fused-ring (bicyclic) bond motifs is 1. The Labute approximate surface area is 160 Å². The molecule has 0 fully saturated rings. The molecule has 3 aromatic rings. The lowest BCUT2D eigenvalue weighted by Gasteiger charge is -2.36. The summed E-state index contributed by atoms with van der Waals surface area (Å²) in [5.41, 5.74) is 1.97. The average molecular weight is 364 g/mol. The Morgan fingerprint density at radius 2 is 1.52 bits per heavy atom. The van der Waals surface area contributed by atoms with Crippen LogP contribution < -0.4 is 0 Å². The van der Waals surface area contributed by atoms with Gasteiger partial charge in [0.15, 0.2) is 0 Å². The van der Waals surface area contributed by atoms with Crippen molar-refractivity contribution in [2.24, 2.45) is 0 Å². The average Bonchev–Trinajstić information content (AvgIpc) is 2.54. The Balaban J connectivity index is 2.33. The van der Waals surface area contributed by atoms with E-state index in [-0.39, 0.29) is 12.2 Å². The summed E-state index contributed by atoms with van der Waals surface area (Å²) in [4.78, 5) is 0. The second kappa shape index (κ2) is 6.66. The molecule has 3 heteroatoms. The molecule has 3 nitrogen and oxygen atoms in total. The minimum atomic E-state index is -1.32. The molecular weight excluding hydrogens is 336 g/mol. The number of phenols is 1. The zero-order valence-electron chi connectivity index (χ0n) is 16.7. The fraction of sp³-hybridized carbons (Fsp3) is 0.333. The number of hydrogen-bond acceptors (Lipinski definition) is 3. The first kappa shape index (κ1) is 19.4. The number of phenolic OH excluding ortho intramolecular Hbond substituents is 1. The number of aryl methyl sites for hydroxylation is 2. The Morgan fingerprint density at radius 1 is 0.852 bits per heavy atom. The van der Waals surface area contributed by atoms with E-state index in [1.807, 2.05) is 50.2 Å². The molecule has 0 aliphatic heterocycles. The Kier molecular flexibility index (Phi) is 4.79. The Morgan fingerprint density at radius 3 is 2.15 bits per heavy atom. The van der Waals surface area contributed by atoms with Gasteiger partial charge in [0.2, 0.25) is 0 Å². The van der Waals surface area contributed by atoms with Crippen LogP contribution in [0.3, 0.4) is 0 Å². The fourth-order valence-electron chi connectivity index (χ4n) is 3.62. The molecule has 0 saturated heterocycles. The van der Waals surface area contributed by atoms with Gasteiger partial charge in [-0.1, -0.05) is 42.5 Å². The van der Waals surface area contributed by atoms with Gasteiger partial charge in [0, 0.05) is 12.0 Å². The van der Waals surface area contributed by atoms with Crippen LogP contribution in [0.15, 0.2) is 48.5 Å². The van der Waals surface area contributed by atoms with E-state index in [1.54, 1.807) is 26.8 Å². The van der Waals surface area contributed by atoms with E-state index in [0.717, 1.165) is 38.6 Å². The van der Waals surface area contributed by atoms with Crippen molar-refractivity contribution < 1.29 is 15.3 Å². The van der Waals surface area contributed by atoms with Gasteiger partial charge >= 0.3 is 0 Å². The molecule has 0 amide bonds. The highest BCUT2D eigenvalue weighted by Crippen LogP contribution is 2.42. The van der Waals surface area contributed by atoms with Crippen molar-refractivity contribution in [3.8, 4) is 16.9 Å². The summed E-state index contributed by atoms with van der Waals surface area (Å²) in [7, 11) is 0. The van der Waals surface area contributed by atoms with E-state index in [9.17, 15) is 15.3 Å². The third kappa shape index (κ3) is 3.58. The summed E-state index contributed by atoms with van der Waals surface area (Å²) in [6, 6.07) is 15.9. The van der Waals surface area contributed by atoms with Gasteiger partial charge in [-0.3, -0.25) is 0 Å². The second-order valence-electron chi connectivity index (χ2n) is 8.31. The van der Waals surface area contributed by atoms with Gasteiger partial charge in [-0.15, -0.1) is 0 Å². The minimum Gasteiger partial charge on any atom is -0.507 e. The molecule has 0 heterocycles. The van der Waals surface area contributed by atoms with E-state index < -0.39 is 11.2 Å². The normalized spacial score (nSPS) is 14.3. The van der Waals surface area contributed by atoms with Crippen LogP contribution in [0, 0.1) is 13.8 Å². The maximum absolute atomic E-state index is 10.9. The lowest BCUT2D eigenvalue weighted by molar-refractivity contribution is -0.118. The number of benzene rings is 3. The van der Waals surface area contributed by atoms with E-state index in [0.29, 0.717) is 0 Å².